The van der Waals surface area contributed by atoms with Gasteiger partial charge in [0.15, 0.2) is 5.16 Å². The maximum absolute atomic E-state index is 12.3. The van der Waals surface area contributed by atoms with Crippen molar-refractivity contribution in [2.45, 2.75) is 55.1 Å². The van der Waals surface area contributed by atoms with Gasteiger partial charge in [-0.1, -0.05) is 35.5 Å². The first kappa shape index (κ1) is 19.0. The van der Waals surface area contributed by atoms with Gasteiger partial charge in [0, 0.05) is 28.7 Å². The van der Waals surface area contributed by atoms with Crippen molar-refractivity contribution in [1.82, 2.24) is 20.6 Å². The fourth-order valence-electron chi connectivity index (χ4n) is 3.08. The number of amides is 2. The average molecular weight is 391 g/mol. The van der Waals surface area contributed by atoms with Crippen molar-refractivity contribution in [1.29, 1.82) is 0 Å². The topological polar surface area (TPSA) is 66.9 Å². The number of carbonyl (C=O) groups excluding carboxylic acids is 1. The van der Waals surface area contributed by atoms with Gasteiger partial charge in [0.2, 0.25) is 0 Å². The molecule has 0 radical (unpaired) electrons. The maximum Gasteiger partial charge on any atom is 0.315 e. The summed E-state index contributed by atoms with van der Waals surface area (Å²) in [5.41, 5.74) is 1.03. The number of halogens is 1. The third-order valence-electron chi connectivity index (χ3n) is 4.54. The number of aromatic nitrogens is 2. The van der Waals surface area contributed by atoms with E-state index in [1.54, 1.807) is 24.2 Å². The van der Waals surface area contributed by atoms with Crippen LogP contribution in [0.25, 0.3) is 0 Å². The lowest BCUT2D eigenvalue weighted by atomic mass is 9.95. The lowest BCUT2D eigenvalue weighted by molar-refractivity contribution is 0.230. The second kappa shape index (κ2) is 9.24. The van der Waals surface area contributed by atoms with E-state index in [4.69, 9.17) is 11.6 Å². The van der Waals surface area contributed by atoms with Gasteiger partial charge >= 0.3 is 6.03 Å². The van der Waals surface area contributed by atoms with Gasteiger partial charge < -0.3 is 10.6 Å². The number of nitrogens with zero attached hydrogens (tertiary/aromatic N) is 2. The third kappa shape index (κ3) is 5.61. The van der Waals surface area contributed by atoms with E-state index >= 15 is 0 Å². The van der Waals surface area contributed by atoms with Crippen molar-refractivity contribution in [3.8, 4) is 0 Å². The molecule has 7 heteroatoms. The number of carbonyl (C=O) groups is 1. The molecule has 1 aromatic carbocycles. The highest BCUT2D eigenvalue weighted by Gasteiger charge is 2.24. The molecule has 1 fully saturated rings. The second-order valence-corrected chi connectivity index (χ2v) is 8.22. The van der Waals surface area contributed by atoms with E-state index in [1.807, 2.05) is 37.3 Å². The molecule has 0 spiro atoms. The Morgan fingerprint density at radius 1 is 1.15 bits per heavy atom. The standard InChI is InChI=1S/C19H23ClN4OS/c1-13(14-3-5-15(20)6-4-14)23-18(25)24-16-7-9-17(10-8-16)26-19-21-11-2-12-22-19/h2-6,11-13,16-17H,7-10H2,1H3,(H2,23,24,25)/t13-,16?,17?/m0/s1. The number of urea groups is 1. The Bertz CT molecular complexity index is 705. The second-order valence-electron chi connectivity index (χ2n) is 6.51. The Hall–Kier alpha value is -1.79. The normalized spacial score (nSPS) is 21.0. The molecule has 2 N–H and O–H groups in total. The molecule has 5 nitrogen and oxygen atoms in total. The fourth-order valence-corrected chi connectivity index (χ4v) is 4.25. The van der Waals surface area contributed by atoms with Crippen molar-refractivity contribution in [2.24, 2.45) is 0 Å². The maximum atomic E-state index is 12.3. The van der Waals surface area contributed by atoms with Crippen LogP contribution in [-0.4, -0.2) is 27.3 Å². The van der Waals surface area contributed by atoms with Crippen LogP contribution < -0.4 is 10.6 Å². The minimum absolute atomic E-state index is 0.0607. The molecule has 0 saturated heterocycles. The van der Waals surface area contributed by atoms with E-state index in [0.29, 0.717) is 10.3 Å². The molecule has 1 heterocycles. The van der Waals surface area contributed by atoms with Crippen LogP contribution in [0.15, 0.2) is 47.9 Å². The predicted octanol–water partition coefficient (Wildman–Crippen LogP) is 4.59. The zero-order chi connectivity index (χ0) is 18.4. The molecule has 1 aliphatic carbocycles. The Labute approximate surface area is 163 Å². The minimum Gasteiger partial charge on any atom is -0.335 e. The van der Waals surface area contributed by atoms with Crippen LogP contribution in [0, 0.1) is 0 Å². The molecule has 1 atom stereocenters. The summed E-state index contributed by atoms with van der Waals surface area (Å²) in [5.74, 6) is 0. The highest BCUT2D eigenvalue weighted by Crippen LogP contribution is 2.31. The number of rotatable bonds is 5. The molecule has 1 aliphatic rings. The van der Waals surface area contributed by atoms with Gasteiger partial charge in [0.1, 0.15) is 0 Å². The van der Waals surface area contributed by atoms with Gasteiger partial charge in [-0.15, -0.1) is 0 Å². The first-order valence-corrected chi connectivity index (χ1v) is 10.1. The lowest BCUT2D eigenvalue weighted by Crippen LogP contribution is -2.44. The summed E-state index contributed by atoms with van der Waals surface area (Å²) in [6.07, 6.45) is 7.62. The highest BCUT2D eigenvalue weighted by molar-refractivity contribution is 7.99. The molecule has 0 unspecified atom stereocenters. The molecule has 26 heavy (non-hydrogen) atoms. The number of nitrogens with one attached hydrogen (secondary N) is 2. The minimum atomic E-state index is -0.116. The van der Waals surface area contributed by atoms with Gasteiger partial charge in [0.25, 0.3) is 0 Å². The van der Waals surface area contributed by atoms with E-state index in [0.717, 1.165) is 36.4 Å². The Morgan fingerprint density at radius 3 is 2.46 bits per heavy atom. The summed E-state index contributed by atoms with van der Waals surface area (Å²) >= 11 is 7.64. The van der Waals surface area contributed by atoms with Crippen LogP contribution in [-0.2, 0) is 0 Å². The van der Waals surface area contributed by atoms with Gasteiger partial charge in [-0.2, -0.15) is 0 Å². The molecule has 0 bridgehead atoms. The van der Waals surface area contributed by atoms with Crippen LogP contribution in [0.5, 0.6) is 0 Å². The molecule has 2 aromatic rings. The van der Waals surface area contributed by atoms with Gasteiger partial charge in [-0.25, -0.2) is 14.8 Å². The van der Waals surface area contributed by atoms with Crippen LogP contribution in [0.4, 0.5) is 4.79 Å². The largest absolute Gasteiger partial charge is 0.335 e. The summed E-state index contributed by atoms with van der Waals surface area (Å²) in [7, 11) is 0. The zero-order valence-corrected chi connectivity index (χ0v) is 16.3. The van der Waals surface area contributed by atoms with E-state index in [1.165, 1.54) is 0 Å². The van der Waals surface area contributed by atoms with Crippen molar-refractivity contribution in [3.63, 3.8) is 0 Å². The molecule has 138 valence electrons. The Morgan fingerprint density at radius 2 is 1.81 bits per heavy atom. The van der Waals surface area contributed by atoms with Gasteiger partial charge in [-0.3, -0.25) is 0 Å². The first-order chi connectivity index (χ1) is 12.6. The van der Waals surface area contributed by atoms with Crippen LogP contribution >= 0.6 is 23.4 Å². The van der Waals surface area contributed by atoms with Crippen molar-refractivity contribution in [3.05, 3.63) is 53.3 Å². The summed E-state index contributed by atoms with van der Waals surface area (Å²) < 4.78 is 0. The number of hydrogen-bond donors (Lipinski definition) is 2. The van der Waals surface area contributed by atoms with E-state index < -0.39 is 0 Å². The van der Waals surface area contributed by atoms with E-state index in [-0.39, 0.29) is 18.1 Å². The fraction of sp³-hybridized carbons (Fsp3) is 0.421. The van der Waals surface area contributed by atoms with Crippen LogP contribution in [0.1, 0.15) is 44.2 Å². The molecule has 2 amide bonds. The van der Waals surface area contributed by atoms with E-state index in [9.17, 15) is 4.79 Å². The SMILES string of the molecule is C[C@H](NC(=O)NC1CCC(Sc2ncccn2)CC1)c1ccc(Cl)cc1. The first-order valence-electron chi connectivity index (χ1n) is 8.86. The number of hydrogen-bond acceptors (Lipinski definition) is 4. The zero-order valence-electron chi connectivity index (χ0n) is 14.7. The summed E-state index contributed by atoms with van der Waals surface area (Å²) in [5, 5.41) is 8.14. The van der Waals surface area contributed by atoms with E-state index in [2.05, 4.69) is 20.6 Å². The van der Waals surface area contributed by atoms with Gasteiger partial charge in [-0.05, 0) is 56.4 Å². The quantitative estimate of drug-likeness (QED) is 0.732. The van der Waals surface area contributed by atoms with Crippen LogP contribution in [0.2, 0.25) is 5.02 Å². The molecule has 0 aliphatic heterocycles. The number of thioether (sulfide) groups is 1. The number of benzene rings is 1. The van der Waals surface area contributed by atoms with Gasteiger partial charge in [0.05, 0.1) is 6.04 Å². The molecular formula is C19H23ClN4OS. The molecule has 1 saturated carbocycles. The summed E-state index contributed by atoms with van der Waals surface area (Å²) in [4.78, 5) is 20.8. The Balaban J connectivity index is 1.41. The summed E-state index contributed by atoms with van der Waals surface area (Å²) in [6, 6.07) is 9.41. The van der Waals surface area contributed by atoms with Crippen LogP contribution in [0.3, 0.4) is 0 Å². The average Bonchev–Trinajstić information content (AvgIpc) is 2.64. The molecule has 3 rings (SSSR count). The lowest BCUT2D eigenvalue weighted by Gasteiger charge is -2.28. The third-order valence-corrected chi connectivity index (χ3v) is 6.02. The molecule has 1 aromatic heterocycles. The highest BCUT2D eigenvalue weighted by atomic mass is 35.5. The molecular weight excluding hydrogens is 368 g/mol. The predicted molar refractivity (Wildman–Crippen MR) is 105 cm³/mol. The monoisotopic (exact) mass is 390 g/mol. The van der Waals surface area contributed by atoms with Crippen molar-refractivity contribution < 1.29 is 4.79 Å². The van der Waals surface area contributed by atoms with Crippen molar-refractivity contribution >= 4 is 29.4 Å². The smallest absolute Gasteiger partial charge is 0.315 e. The van der Waals surface area contributed by atoms with Crippen molar-refractivity contribution in [2.75, 3.05) is 0 Å². The summed E-state index contributed by atoms with van der Waals surface area (Å²) in [6.45, 7) is 1.97. The Kier molecular flexibility index (Phi) is 6.74.